The molecule has 0 aliphatic carbocycles. The van der Waals surface area contributed by atoms with E-state index in [2.05, 4.69) is 11.4 Å². The molecule has 0 amide bonds. The zero-order valence-corrected chi connectivity index (χ0v) is 18.1. The van der Waals surface area contributed by atoms with E-state index in [0.29, 0.717) is 23.8 Å². The minimum atomic E-state index is -0.211. The molecule has 1 N–H and O–H groups in total. The van der Waals surface area contributed by atoms with E-state index in [4.69, 9.17) is 19.2 Å². The summed E-state index contributed by atoms with van der Waals surface area (Å²) in [6.45, 7) is 1.33. The Morgan fingerprint density at radius 1 is 1.00 bits per heavy atom. The highest BCUT2D eigenvalue weighted by molar-refractivity contribution is 5.92. The second-order valence-electron chi connectivity index (χ2n) is 7.13. The molecule has 0 unspecified atom stereocenters. The molecule has 0 bridgehead atoms. The van der Waals surface area contributed by atoms with Crippen molar-refractivity contribution >= 4 is 16.7 Å². The number of benzene rings is 2. The molecule has 160 valence electrons. The third-order valence-corrected chi connectivity index (χ3v) is 4.90. The Labute approximate surface area is 176 Å². The summed E-state index contributed by atoms with van der Waals surface area (Å²) in [6, 6.07) is 10.6. The fourth-order valence-electron chi connectivity index (χ4n) is 3.49. The predicted molar refractivity (Wildman–Crippen MR) is 118 cm³/mol. The van der Waals surface area contributed by atoms with Gasteiger partial charge in [-0.1, -0.05) is 12.1 Å². The quantitative estimate of drug-likeness (QED) is 0.539. The van der Waals surface area contributed by atoms with Gasteiger partial charge in [0, 0.05) is 37.7 Å². The number of ether oxygens (including phenoxy) is 3. The van der Waals surface area contributed by atoms with Crippen LogP contribution in [0.5, 0.6) is 17.2 Å². The fraction of sp³-hybridized carbons (Fsp3) is 0.348. The minimum absolute atomic E-state index is 0.211. The van der Waals surface area contributed by atoms with Crippen molar-refractivity contribution in [2.75, 3.05) is 46.9 Å². The topological polar surface area (TPSA) is 55.9 Å². The van der Waals surface area contributed by atoms with Gasteiger partial charge in [-0.15, -0.1) is 0 Å². The predicted octanol–water partition coefficient (Wildman–Crippen LogP) is 3.80. The van der Waals surface area contributed by atoms with Crippen molar-refractivity contribution in [3.63, 3.8) is 0 Å². The highest BCUT2D eigenvalue weighted by atomic mass is 19.1. The van der Waals surface area contributed by atoms with E-state index < -0.39 is 0 Å². The van der Waals surface area contributed by atoms with Crippen LogP contribution in [0.1, 0.15) is 11.1 Å². The molecule has 0 saturated carbocycles. The lowest BCUT2D eigenvalue weighted by Crippen LogP contribution is -2.20. The van der Waals surface area contributed by atoms with Gasteiger partial charge in [-0.05, 0) is 36.7 Å². The Kier molecular flexibility index (Phi) is 6.95. The molecule has 1 heterocycles. The Balaban J connectivity index is 1.89. The molecule has 6 nitrogen and oxygen atoms in total. The van der Waals surface area contributed by atoms with Gasteiger partial charge < -0.3 is 24.4 Å². The van der Waals surface area contributed by atoms with E-state index >= 15 is 0 Å². The first-order valence-electron chi connectivity index (χ1n) is 9.73. The molecule has 0 aliphatic rings. The molecule has 0 radical (unpaired) electrons. The summed E-state index contributed by atoms with van der Waals surface area (Å²) in [6.07, 6.45) is 0.740. The van der Waals surface area contributed by atoms with E-state index in [-0.39, 0.29) is 5.82 Å². The average molecular weight is 413 g/mol. The number of pyridine rings is 1. The highest BCUT2D eigenvalue weighted by Crippen LogP contribution is 2.43. The van der Waals surface area contributed by atoms with Crippen LogP contribution in [0.15, 0.2) is 36.4 Å². The van der Waals surface area contributed by atoms with Gasteiger partial charge in [-0.2, -0.15) is 0 Å². The van der Waals surface area contributed by atoms with E-state index in [1.54, 1.807) is 33.5 Å². The van der Waals surface area contributed by atoms with Gasteiger partial charge in [0.15, 0.2) is 11.5 Å². The number of anilines is 1. The first-order chi connectivity index (χ1) is 14.5. The fourth-order valence-corrected chi connectivity index (χ4v) is 3.49. The summed E-state index contributed by atoms with van der Waals surface area (Å²) in [5, 5.41) is 4.28. The number of nitrogens with one attached hydrogen (secondary N) is 1. The maximum atomic E-state index is 13.4. The monoisotopic (exact) mass is 413 g/mol. The highest BCUT2D eigenvalue weighted by Gasteiger charge is 2.19. The average Bonchev–Trinajstić information content (AvgIpc) is 2.74. The second-order valence-corrected chi connectivity index (χ2v) is 7.13. The van der Waals surface area contributed by atoms with Crippen molar-refractivity contribution in [3.8, 4) is 17.2 Å². The SMILES string of the molecule is COc1cc2nc(N(C)C)c(CNCCc3cccc(F)c3)cc2c(OC)c1OC. The Morgan fingerprint density at radius 3 is 2.40 bits per heavy atom. The lowest BCUT2D eigenvalue weighted by atomic mass is 10.1. The Bertz CT molecular complexity index is 1020. The maximum absolute atomic E-state index is 13.4. The molecule has 3 aromatic rings. The van der Waals surface area contributed by atoms with Gasteiger partial charge in [-0.25, -0.2) is 9.37 Å². The van der Waals surface area contributed by atoms with Crippen LogP contribution in [0.2, 0.25) is 0 Å². The van der Waals surface area contributed by atoms with Gasteiger partial charge in [0.05, 0.1) is 26.8 Å². The lowest BCUT2D eigenvalue weighted by Gasteiger charge is -2.20. The summed E-state index contributed by atoms with van der Waals surface area (Å²) in [4.78, 5) is 6.81. The molecule has 3 rings (SSSR count). The Hall–Kier alpha value is -3.06. The van der Waals surface area contributed by atoms with E-state index in [9.17, 15) is 4.39 Å². The number of halogens is 1. The Morgan fingerprint density at radius 2 is 1.77 bits per heavy atom. The zero-order chi connectivity index (χ0) is 21.7. The number of hydrogen-bond acceptors (Lipinski definition) is 6. The van der Waals surface area contributed by atoms with E-state index in [1.807, 2.05) is 31.1 Å². The zero-order valence-electron chi connectivity index (χ0n) is 18.1. The molecule has 0 spiro atoms. The summed E-state index contributed by atoms with van der Waals surface area (Å²) in [7, 11) is 8.70. The minimum Gasteiger partial charge on any atom is -0.493 e. The number of nitrogens with zero attached hydrogens (tertiary/aromatic N) is 2. The van der Waals surface area contributed by atoms with Crippen LogP contribution in [0.3, 0.4) is 0 Å². The van der Waals surface area contributed by atoms with Crippen LogP contribution in [0.4, 0.5) is 10.2 Å². The van der Waals surface area contributed by atoms with E-state index in [1.165, 1.54) is 6.07 Å². The van der Waals surface area contributed by atoms with Gasteiger partial charge in [0.2, 0.25) is 5.75 Å². The molecule has 0 atom stereocenters. The third kappa shape index (κ3) is 4.57. The standard InChI is InChI=1S/C23H28FN3O3/c1-27(2)23-16(14-25-10-9-15-7-6-8-17(24)11-15)12-18-19(26-23)13-20(28-3)22(30-5)21(18)29-4/h6-8,11-13,25H,9-10,14H2,1-5H3. The summed E-state index contributed by atoms with van der Waals surface area (Å²) < 4.78 is 29.9. The largest absolute Gasteiger partial charge is 0.493 e. The first kappa shape index (κ1) is 21.6. The third-order valence-electron chi connectivity index (χ3n) is 4.90. The summed E-state index contributed by atoms with van der Waals surface area (Å²) in [5.41, 5.74) is 2.75. The first-order valence-corrected chi connectivity index (χ1v) is 9.73. The number of rotatable bonds is 9. The summed E-state index contributed by atoms with van der Waals surface area (Å²) in [5.74, 6) is 2.34. The molecular formula is C23H28FN3O3. The second kappa shape index (κ2) is 9.63. The normalized spacial score (nSPS) is 10.9. The van der Waals surface area contributed by atoms with Crippen LogP contribution in [-0.2, 0) is 13.0 Å². The van der Waals surface area contributed by atoms with E-state index in [0.717, 1.165) is 40.8 Å². The van der Waals surface area contributed by atoms with Crippen molar-refractivity contribution in [1.82, 2.24) is 10.3 Å². The molecule has 7 heteroatoms. The van der Waals surface area contributed by atoms with Gasteiger partial charge in [-0.3, -0.25) is 0 Å². The van der Waals surface area contributed by atoms with Crippen LogP contribution in [-0.4, -0.2) is 47.0 Å². The molecule has 0 saturated heterocycles. The number of fused-ring (bicyclic) bond motifs is 1. The van der Waals surface area contributed by atoms with Crippen LogP contribution in [0, 0.1) is 5.82 Å². The molecule has 0 fully saturated rings. The molecule has 2 aromatic carbocycles. The number of aromatic nitrogens is 1. The van der Waals surface area contributed by atoms with Gasteiger partial charge in [0.25, 0.3) is 0 Å². The molecular weight excluding hydrogens is 385 g/mol. The van der Waals surface area contributed by atoms with Crippen molar-refractivity contribution < 1.29 is 18.6 Å². The van der Waals surface area contributed by atoms with Crippen molar-refractivity contribution in [1.29, 1.82) is 0 Å². The van der Waals surface area contributed by atoms with Crippen LogP contribution in [0.25, 0.3) is 10.9 Å². The maximum Gasteiger partial charge on any atom is 0.204 e. The van der Waals surface area contributed by atoms with Crippen LogP contribution < -0.4 is 24.4 Å². The summed E-state index contributed by atoms with van der Waals surface area (Å²) >= 11 is 0. The van der Waals surface area contributed by atoms with Crippen molar-refractivity contribution in [2.45, 2.75) is 13.0 Å². The lowest BCUT2D eigenvalue weighted by molar-refractivity contribution is 0.327. The van der Waals surface area contributed by atoms with Crippen LogP contribution >= 0.6 is 0 Å². The van der Waals surface area contributed by atoms with Crippen molar-refractivity contribution in [2.24, 2.45) is 0 Å². The van der Waals surface area contributed by atoms with Gasteiger partial charge in [0.1, 0.15) is 11.6 Å². The number of hydrogen-bond donors (Lipinski definition) is 1. The number of methoxy groups -OCH3 is 3. The smallest absolute Gasteiger partial charge is 0.204 e. The molecule has 30 heavy (non-hydrogen) atoms. The van der Waals surface area contributed by atoms with Gasteiger partial charge >= 0.3 is 0 Å². The molecule has 1 aromatic heterocycles. The molecule has 0 aliphatic heterocycles. The van der Waals surface area contributed by atoms with Crippen molar-refractivity contribution in [3.05, 3.63) is 53.3 Å².